The lowest BCUT2D eigenvalue weighted by molar-refractivity contribution is -0.144. The van der Waals surface area contributed by atoms with E-state index in [1.165, 1.54) is 11.6 Å². The van der Waals surface area contributed by atoms with E-state index in [2.05, 4.69) is 22.2 Å². The fourth-order valence-electron chi connectivity index (χ4n) is 5.72. The molecule has 6 rings (SSSR count). The number of pyridine rings is 1. The number of benzene rings is 3. The molecule has 5 aromatic rings. The molecular weight excluding hydrogens is 546 g/mol. The quantitative estimate of drug-likeness (QED) is 0.209. The van der Waals surface area contributed by atoms with E-state index in [4.69, 9.17) is 0 Å². The zero-order valence-corrected chi connectivity index (χ0v) is 24.8. The molecule has 3 aromatic carbocycles. The van der Waals surface area contributed by atoms with E-state index in [1.807, 2.05) is 103 Å². The third-order valence-corrected chi connectivity index (χ3v) is 8.11. The number of hydrogen-bond donors (Lipinski definition) is 0. The highest BCUT2D eigenvalue weighted by Crippen LogP contribution is 2.24. The Morgan fingerprint density at radius 1 is 0.841 bits per heavy atom. The molecule has 1 aliphatic rings. The molecular formula is C37H35N5O2. The first-order valence-corrected chi connectivity index (χ1v) is 14.9. The predicted molar refractivity (Wildman–Crippen MR) is 172 cm³/mol. The number of hydrogen-bond acceptors (Lipinski definition) is 4. The van der Waals surface area contributed by atoms with Crippen LogP contribution in [0, 0.1) is 0 Å². The molecule has 220 valence electrons. The zero-order valence-electron chi connectivity index (χ0n) is 24.8. The van der Waals surface area contributed by atoms with Gasteiger partial charge in [0.1, 0.15) is 6.04 Å². The van der Waals surface area contributed by atoms with E-state index < -0.39 is 6.04 Å². The van der Waals surface area contributed by atoms with Crippen molar-refractivity contribution in [1.29, 1.82) is 0 Å². The van der Waals surface area contributed by atoms with Crippen LogP contribution in [-0.4, -0.2) is 49.0 Å². The van der Waals surface area contributed by atoms with Gasteiger partial charge in [0, 0.05) is 57.8 Å². The second-order valence-electron chi connectivity index (χ2n) is 11.1. The summed E-state index contributed by atoms with van der Waals surface area (Å²) in [5.41, 5.74) is 7.19. The molecule has 0 fully saturated rings. The molecule has 0 N–H and O–H groups in total. The zero-order chi connectivity index (χ0) is 30.3. The number of aromatic nitrogens is 3. The molecule has 0 bridgehead atoms. The third-order valence-electron chi connectivity index (χ3n) is 8.11. The van der Waals surface area contributed by atoms with E-state index in [-0.39, 0.29) is 18.4 Å². The van der Waals surface area contributed by atoms with Crippen LogP contribution >= 0.6 is 0 Å². The Labute approximate surface area is 258 Å². The maximum atomic E-state index is 14.5. The molecule has 0 spiro atoms. The number of fused-ring (bicyclic) bond motifs is 1. The highest BCUT2D eigenvalue weighted by atomic mass is 16.2. The van der Waals surface area contributed by atoms with Crippen LogP contribution in [0.5, 0.6) is 0 Å². The summed E-state index contributed by atoms with van der Waals surface area (Å²) in [7, 11) is 1.84. The minimum atomic E-state index is -0.691. The van der Waals surface area contributed by atoms with Gasteiger partial charge in [0.2, 0.25) is 11.8 Å². The molecule has 0 radical (unpaired) electrons. The molecule has 2 amide bonds. The van der Waals surface area contributed by atoms with Crippen molar-refractivity contribution in [2.45, 2.75) is 32.0 Å². The van der Waals surface area contributed by atoms with Crippen molar-refractivity contribution in [3.05, 3.63) is 150 Å². The molecule has 7 heteroatoms. The minimum absolute atomic E-state index is 0.0450. The molecule has 44 heavy (non-hydrogen) atoms. The average Bonchev–Trinajstić information content (AvgIpc) is 3.50. The lowest BCUT2D eigenvalue weighted by Crippen LogP contribution is -2.52. The number of carbonyl (C=O) groups is 2. The Bertz CT molecular complexity index is 1750. The molecule has 2 aromatic heterocycles. The van der Waals surface area contributed by atoms with Gasteiger partial charge in [-0.25, -0.2) is 0 Å². The lowest BCUT2D eigenvalue weighted by Gasteiger charge is -2.37. The predicted octanol–water partition coefficient (Wildman–Crippen LogP) is 5.72. The smallest absolute Gasteiger partial charge is 0.247 e. The summed E-state index contributed by atoms with van der Waals surface area (Å²) in [4.78, 5) is 36.3. The van der Waals surface area contributed by atoms with Gasteiger partial charge >= 0.3 is 0 Å². The lowest BCUT2D eigenvalue weighted by atomic mass is 9.97. The van der Waals surface area contributed by atoms with Crippen LogP contribution in [0.25, 0.3) is 17.2 Å². The van der Waals surface area contributed by atoms with Crippen molar-refractivity contribution in [3.8, 4) is 11.1 Å². The molecule has 1 atom stereocenters. The SMILES string of the molecule is Cn1ccc(/C=C/C(=O)N(Cc2ccc(-c3ccncc3)cc2)[C@@H](Cc2ccccc2)C(=O)N2CCc3ccccc3C2)n1. The summed E-state index contributed by atoms with van der Waals surface area (Å²) in [5.74, 6) is -0.281. The van der Waals surface area contributed by atoms with Gasteiger partial charge in [-0.05, 0) is 64.1 Å². The highest BCUT2D eigenvalue weighted by molar-refractivity contribution is 5.95. The van der Waals surface area contributed by atoms with Gasteiger partial charge in [-0.3, -0.25) is 19.3 Å². The van der Waals surface area contributed by atoms with E-state index >= 15 is 0 Å². The Morgan fingerprint density at radius 3 is 2.27 bits per heavy atom. The van der Waals surface area contributed by atoms with Gasteiger partial charge in [0.15, 0.2) is 0 Å². The summed E-state index contributed by atoms with van der Waals surface area (Å²) in [6.45, 7) is 1.44. The summed E-state index contributed by atoms with van der Waals surface area (Å²) < 4.78 is 1.70. The van der Waals surface area contributed by atoms with Crippen LogP contribution in [0.4, 0.5) is 0 Å². The van der Waals surface area contributed by atoms with Gasteiger partial charge in [0.25, 0.3) is 0 Å². The molecule has 0 saturated carbocycles. The van der Waals surface area contributed by atoms with Gasteiger partial charge in [-0.1, -0.05) is 78.9 Å². The molecule has 7 nitrogen and oxygen atoms in total. The highest BCUT2D eigenvalue weighted by Gasteiger charge is 2.34. The second kappa shape index (κ2) is 13.3. The Balaban J connectivity index is 1.34. The summed E-state index contributed by atoms with van der Waals surface area (Å²) in [5, 5.41) is 4.39. The number of nitrogens with zero attached hydrogens (tertiary/aromatic N) is 5. The molecule has 3 heterocycles. The third kappa shape index (κ3) is 6.84. The first-order chi connectivity index (χ1) is 21.5. The Hall–Kier alpha value is -5.30. The number of amides is 2. The van der Waals surface area contributed by atoms with Gasteiger partial charge in [-0.2, -0.15) is 5.10 Å². The van der Waals surface area contributed by atoms with Crippen LogP contribution in [0.3, 0.4) is 0 Å². The van der Waals surface area contributed by atoms with Gasteiger partial charge < -0.3 is 9.80 Å². The molecule has 0 unspecified atom stereocenters. The van der Waals surface area contributed by atoms with E-state index in [0.29, 0.717) is 25.2 Å². The monoisotopic (exact) mass is 581 g/mol. The van der Waals surface area contributed by atoms with Crippen LogP contribution in [0.2, 0.25) is 0 Å². The fraction of sp³-hybridized carbons (Fsp3) is 0.189. The Morgan fingerprint density at radius 2 is 1.55 bits per heavy atom. The first-order valence-electron chi connectivity index (χ1n) is 14.9. The van der Waals surface area contributed by atoms with Crippen LogP contribution in [0.1, 0.15) is 27.9 Å². The van der Waals surface area contributed by atoms with Crippen molar-refractivity contribution in [2.75, 3.05) is 6.54 Å². The summed E-state index contributed by atoms with van der Waals surface area (Å²) in [6, 6.07) is 31.5. The van der Waals surface area contributed by atoms with Crippen molar-refractivity contribution < 1.29 is 9.59 Å². The standard InChI is InChI=1S/C37H35N5O2/c1-40-23-20-34(39-40)15-16-36(43)42(26-29-11-13-31(14-12-29)32-17-21-38-22-18-32)35(25-28-7-3-2-4-8-28)37(44)41-24-19-30-9-5-6-10-33(30)27-41/h2-18,20-23,35H,19,24-27H2,1H3/b16-15+/t35-/m0/s1. The molecule has 1 aliphatic heterocycles. The van der Waals surface area contributed by atoms with E-state index in [9.17, 15) is 9.59 Å². The fourth-order valence-corrected chi connectivity index (χ4v) is 5.72. The number of rotatable bonds is 9. The minimum Gasteiger partial charge on any atom is -0.336 e. The molecule has 0 saturated heterocycles. The summed E-state index contributed by atoms with van der Waals surface area (Å²) >= 11 is 0. The average molecular weight is 582 g/mol. The van der Waals surface area contributed by atoms with Crippen LogP contribution in [0.15, 0.2) is 122 Å². The molecule has 0 aliphatic carbocycles. The first kappa shape index (κ1) is 28.8. The van der Waals surface area contributed by atoms with Gasteiger partial charge in [0.05, 0.1) is 5.69 Å². The van der Waals surface area contributed by atoms with Crippen molar-refractivity contribution in [3.63, 3.8) is 0 Å². The van der Waals surface area contributed by atoms with Crippen molar-refractivity contribution in [2.24, 2.45) is 7.05 Å². The maximum absolute atomic E-state index is 14.5. The normalized spacial score (nSPS) is 13.4. The number of carbonyl (C=O) groups excluding carboxylic acids is 2. The van der Waals surface area contributed by atoms with E-state index in [0.717, 1.165) is 34.2 Å². The maximum Gasteiger partial charge on any atom is 0.247 e. The second-order valence-corrected chi connectivity index (χ2v) is 11.1. The van der Waals surface area contributed by atoms with Crippen LogP contribution < -0.4 is 0 Å². The van der Waals surface area contributed by atoms with Crippen molar-refractivity contribution in [1.82, 2.24) is 24.6 Å². The Kier molecular flexibility index (Phi) is 8.73. The summed E-state index contributed by atoms with van der Waals surface area (Å²) in [6.07, 6.45) is 9.84. The van der Waals surface area contributed by atoms with Crippen LogP contribution in [-0.2, 0) is 42.6 Å². The van der Waals surface area contributed by atoms with Gasteiger partial charge in [-0.15, -0.1) is 0 Å². The number of aryl methyl sites for hydroxylation is 1. The van der Waals surface area contributed by atoms with Crippen molar-refractivity contribution >= 4 is 17.9 Å². The topological polar surface area (TPSA) is 71.3 Å². The van der Waals surface area contributed by atoms with E-state index in [1.54, 1.807) is 28.1 Å². The largest absolute Gasteiger partial charge is 0.336 e.